The van der Waals surface area contributed by atoms with Crippen molar-refractivity contribution >= 4 is 5.91 Å². The monoisotopic (exact) mass is 339 g/mol. The van der Waals surface area contributed by atoms with Crippen molar-refractivity contribution in [2.24, 2.45) is 5.92 Å². The maximum atomic E-state index is 12.5. The van der Waals surface area contributed by atoms with E-state index >= 15 is 0 Å². The standard InChI is InChI=1S/C19H25N5O/c1-14(2)10-23(11-16-5-4-6-20-8-16)17-12-24(13-17)19(25)18-9-21-15(3)7-22-18/h4-9,14,17H,10-13H2,1-3H3. The van der Waals surface area contributed by atoms with Crippen LogP contribution in [0.2, 0.25) is 0 Å². The van der Waals surface area contributed by atoms with Crippen molar-refractivity contribution in [2.75, 3.05) is 19.6 Å². The molecule has 6 heteroatoms. The Labute approximate surface area is 148 Å². The first-order chi connectivity index (χ1) is 12.0. The molecule has 1 aliphatic heterocycles. The Hall–Kier alpha value is -2.34. The average Bonchev–Trinajstić information content (AvgIpc) is 2.54. The molecule has 1 amide bonds. The van der Waals surface area contributed by atoms with Gasteiger partial charge in [0.25, 0.3) is 5.91 Å². The van der Waals surface area contributed by atoms with Gasteiger partial charge in [0, 0.05) is 50.8 Å². The van der Waals surface area contributed by atoms with Gasteiger partial charge in [-0.25, -0.2) is 4.98 Å². The van der Waals surface area contributed by atoms with Gasteiger partial charge in [0.05, 0.1) is 11.9 Å². The van der Waals surface area contributed by atoms with Gasteiger partial charge in [0.2, 0.25) is 0 Å². The lowest BCUT2D eigenvalue weighted by molar-refractivity contribution is 0.0192. The molecule has 1 saturated heterocycles. The Morgan fingerprint density at radius 1 is 1.28 bits per heavy atom. The third kappa shape index (κ3) is 4.39. The van der Waals surface area contributed by atoms with Crippen LogP contribution in [-0.4, -0.2) is 56.3 Å². The highest BCUT2D eigenvalue weighted by molar-refractivity contribution is 5.92. The third-order valence-electron chi connectivity index (χ3n) is 4.37. The number of aromatic nitrogens is 3. The molecule has 0 bridgehead atoms. The summed E-state index contributed by atoms with van der Waals surface area (Å²) in [5, 5.41) is 0. The molecule has 3 rings (SSSR count). The smallest absolute Gasteiger partial charge is 0.274 e. The fraction of sp³-hybridized carbons (Fsp3) is 0.474. The Bertz CT molecular complexity index is 696. The first-order valence-corrected chi connectivity index (χ1v) is 8.74. The van der Waals surface area contributed by atoms with Crippen molar-refractivity contribution in [3.8, 4) is 0 Å². The summed E-state index contributed by atoms with van der Waals surface area (Å²) in [6.45, 7) is 9.65. The molecule has 25 heavy (non-hydrogen) atoms. The number of aryl methyl sites for hydroxylation is 1. The molecule has 0 aromatic carbocycles. The summed E-state index contributed by atoms with van der Waals surface area (Å²) >= 11 is 0. The molecule has 2 aromatic heterocycles. The van der Waals surface area contributed by atoms with Gasteiger partial charge in [-0.15, -0.1) is 0 Å². The fourth-order valence-corrected chi connectivity index (χ4v) is 3.06. The Balaban J connectivity index is 1.61. The van der Waals surface area contributed by atoms with Crippen LogP contribution in [0.25, 0.3) is 0 Å². The highest BCUT2D eigenvalue weighted by Gasteiger charge is 2.35. The third-order valence-corrected chi connectivity index (χ3v) is 4.37. The molecular formula is C19H25N5O. The number of rotatable bonds is 6. The van der Waals surface area contributed by atoms with Crippen LogP contribution in [0.5, 0.6) is 0 Å². The summed E-state index contributed by atoms with van der Waals surface area (Å²) in [7, 11) is 0. The number of likely N-dealkylation sites (tertiary alicyclic amines) is 1. The minimum atomic E-state index is -0.0328. The highest BCUT2D eigenvalue weighted by atomic mass is 16.2. The summed E-state index contributed by atoms with van der Waals surface area (Å²) < 4.78 is 0. The molecule has 2 aromatic rings. The fourth-order valence-electron chi connectivity index (χ4n) is 3.06. The number of amides is 1. The number of nitrogens with zero attached hydrogens (tertiary/aromatic N) is 5. The second-order valence-corrected chi connectivity index (χ2v) is 7.09. The van der Waals surface area contributed by atoms with Crippen LogP contribution < -0.4 is 0 Å². The molecule has 1 fully saturated rings. The first kappa shape index (κ1) is 17.5. The van der Waals surface area contributed by atoms with Crippen LogP contribution in [-0.2, 0) is 6.54 Å². The maximum absolute atomic E-state index is 12.5. The highest BCUT2D eigenvalue weighted by Crippen LogP contribution is 2.20. The van der Waals surface area contributed by atoms with Gasteiger partial charge < -0.3 is 4.90 Å². The zero-order valence-electron chi connectivity index (χ0n) is 15.1. The van der Waals surface area contributed by atoms with E-state index < -0.39 is 0 Å². The van der Waals surface area contributed by atoms with Crippen molar-refractivity contribution in [3.63, 3.8) is 0 Å². The van der Waals surface area contributed by atoms with Crippen molar-refractivity contribution in [1.82, 2.24) is 24.8 Å². The predicted octanol–water partition coefficient (Wildman–Crippen LogP) is 2.16. The van der Waals surface area contributed by atoms with Crippen LogP contribution in [0.1, 0.15) is 35.6 Å². The van der Waals surface area contributed by atoms with Gasteiger partial charge in [0.1, 0.15) is 5.69 Å². The Kier molecular flexibility index (Phi) is 5.38. The van der Waals surface area contributed by atoms with Crippen molar-refractivity contribution < 1.29 is 4.79 Å². The average molecular weight is 339 g/mol. The van der Waals surface area contributed by atoms with E-state index in [1.54, 1.807) is 18.6 Å². The van der Waals surface area contributed by atoms with Gasteiger partial charge in [-0.1, -0.05) is 19.9 Å². The quantitative estimate of drug-likeness (QED) is 0.807. The molecule has 3 heterocycles. The molecule has 0 unspecified atom stereocenters. The van der Waals surface area contributed by atoms with Gasteiger partial charge >= 0.3 is 0 Å². The number of hydrogen-bond acceptors (Lipinski definition) is 5. The molecule has 0 atom stereocenters. The van der Waals surface area contributed by atoms with Crippen molar-refractivity contribution in [1.29, 1.82) is 0 Å². The molecule has 0 N–H and O–H groups in total. The summed E-state index contributed by atoms with van der Waals surface area (Å²) in [6.07, 6.45) is 6.91. The topological polar surface area (TPSA) is 62.2 Å². The molecule has 132 valence electrons. The van der Waals surface area contributed by atoms with E-state index in [1.165, 1.54) is 5.56 Å². The SMILES string of the molecule is Cc1cnc(C(=O)N2CC(N(Cc3cccnc3)CC(C)C)C2)cn1. The van der Waals surface area contributed by atoms with Crippen LogP contribution >= 0.6 is 0 Å². The van der Waals surface area contributed by atoms with Gasteiger partial charge in [-0.3, -0.25) is 19.7 Å². The van der Waals surface area contributed by atoms with E-state index in [1.807, 2.05) is 24.1 Å². The summed E-state index contributed by atoms with van der Waals surface area (Å²) in [5.74, 6) is 0.541. The molecule has 0 aliphatic carbocycles. The predicted molar refractivity (Wildman–Crippen MR) is 95.9 cm³/mol. The van der Waals surface area contributed by atoms with E-state index in [0.29, 0.717) is 17.7 Å². The molecule has 6 nitrogen and oxygen atoms in total. The zero-order valence-corrected chi connectivity index (χ0v) is 15.1. The maximum Gasteiger partial charge on any atom is 0.274 e. The Morgan fingerprint density at radius 2 is 2.08 bits per heavy atom. The number of carbonyl (C=O) groups excluding carboxylic acids is 1. The summed E-state index contributed by atoms with van der Waals surface area (Å²) in [5.41, 5.74) is 2.45. The van der Waals surface area contributed by atoms with E-state index in [2.05, 4.69) is 39.8 Å². The van der Waals surface area contributed by atoms with Crippen molar-refractivity contribution in [2.45, 2.75) is 33.4 Å². The largest absolute Gasteiger partial charge is 0.334 e. The van der Waals surface area contributed by atoms with Gasteiger partial charge in [-0.2, -0.15) is 0 Å². The summed E-state index contributed by atoms with van der Waals surface area (Å²) in [4.78, 5) is 29.3. The summed E-state index contributed by atoms with van der Waals surface area (Å²) in [6, 6.07) is 4.45. The lowest BCUT2D eigenvalue weighted by Gasteiger charge is -2.45. The molecule has 0 spiro atoms. The minimum Gasteiger partial charge on any atom is -0.334 e. The van der Waals surface area contributed by atoms with Gasteiger partial charge in [-0.05, 0) is 24.5 Å². The second-order valence-electron chi connectivity index (χ2n) is 7.09. The number of hydrogen-bond donors (Lipinski definition) is 0. The van der Waals surface area contributed by atoms with E-state index in [9.17, 15) is 4.79 Å². The number of carbonyl (C=O) groups is 1. The molecule has 0 radical (unpaired) electrons. The van der Waals surface area contributed by atoms with E-state index in [0.717, 1.165) is 31.9 Å². The van der Waals surface area contributed by atoms with Crippen molar-refractivity contribution in [3.05, 3.63) is 53.9 Å². The van der Waals surface area contributed by atoms with Crippen LogP contribution in [0.4, 0.5) is 0 Å². The lowest BCUT2D eigenvalue weighted by Crippen LogP contribution is -2.61. The van der Waals surface area contributed by atoms with Crippen LogP contribution in [0.15, 0.2) is 36.9 Å². The molecule has 0 saturated carbocycles. The zero-order chi connectivity index (χ0) is 17.8. The molecule has 1 aliphatic rings. The van der Waals surface area contributed by atoms with Gasteiger partial charge in [0.15, 0.2) is 0 Å². The van der Waals surface area contributed by atoms with Crippen LogP contribution in [0, 0.1) is 12.8 Å². The Morgan fingerprint density at radius 3 is 2.68 bits per heavy atom. The van der Waals surface area contributed by atoms with E-state index in [-0.39, 0.29) is 5.91 Å². The second kappa shape index (κ2) is 7.70. The van der Waals surface area contributed by atoms with Crippen LogP contribution in [0.3, 0.4) is 0 Å². The minimum absolute atomic E-state index is 0.0328. The van der Waals surface area contributed by atoms with E-state index in [4.69, 9.17) is 0 Å². The lowest BCUT2D eigenvalue weighted by atomic mass is 10.0. The number of pyridine rings is 1. The molecular weight excluding hydrogens is 314 g/mol. The first-order valence-electron chi connectivity index (χ1n) is 8.74. The normalized spacial score (nSPS) is 14.8.